The fourth-order valence-electron chi connectivity index (χ4n) is 5.65. The molecule has 2 atom stereocenters. The monoisotopic (exact) mass is 467 g/mol. The highest BCUT2D eigenvalue weighted by Crippen LogP contribution is 2.52. The van der Waals surface area contributed by atoms with Gasteiger partial charge in [-0.25, -0.2) is 9.69 Å². The Kier molecular flexibility index (Phi) is 4.64. The van der Waals surface area contributed by atoms with Gasteiger partial charge in [0, 0.05) is 28.9 Å². The number of aromatic nitrogens is 1. The van der Waals surface area contributed by atoms with Gasteiger partial charge in [0.2, 0.25) is 0 Å². The van der Waals surface area contributed by atoms with Gasteiger partial charge in [-0.05, 0) is 36.8 Å². The van der Waals surface area contributed by atoms with Gasteiger partial charge in [-0.3, -0.25) is 4.79 Å². The third kappa shape index (κ3) is 2.78. The van der Waals surface area contributed by atoms with Gasteiger partial charge in [0.25, 0.3) is 5.91 Å². The topological polar surface area (TPSA) is 74.9 Å². The van der Waals surface area contributed by atoms with Crippen LogP contribution in [0, 0.1) is 0 Å². The number of amides is 3. The summed E-state index contributed by atoms with van der Waals surface area (Å²) in [5.41, 5.74) is 2.90. The molecule has 1 saturated heterocycles. The highest BCUT2D eigenvalue weighted by molar-refractivity contribution is 6.24. The van der Waals surface area contributed by atoms with Crippen molar-refractivity contribution in [3.8, 4) is 11.5 Å². The summed E-state index contributed by atoms with van der Waals surface area (Å²) in [6.07, 6.45) is 0. The molecule has 2 aliphatic rings. The quantitative estimate of drug-likeness (QED) is 0.428. The van der Waals surface area contributed by atoms with Crippen LogP contribution in [0.5, 0.6) is 11.5 Å². The number of rotatable bonds is 4. The Labute approximate surface area is 202 Å². The van der Waals surface area contributed by atoms with Gasteiger partial charge in [-0.2, -0.15) is 0 Å². The molecule has 3 heterocycles. The van der Waals surface area contributed by atoms with Crippen molar-refractivity contribution in [2.24, 2.45) is 0 Å². The summed E-state index contributed by atoms with van der Waals surface area (Å²) in [4.78, 5) is 34.4. The van der Waals surface area contributed by atoms with E-state index in [1.165, 1.54) is 12.0 Å². The molecule has 3 amide bonds. The molecule has 7 nitrogen and oxygen atoms in total. The van der Waals surface area contributed by atoms with E-state index in [-0.39, 0.29) is 17.9 Å². The second-order valence-corrected chi connectivity index (χ2v) is 9.03. The average Bonchev–Trinajstić information content (AvgIpc) is 3.38. The van der Waals surface area contributed by atoms with Crippen molar-refractivity contribution in [1.29, 1.82) is 0 Å². The number of para-hydroxylation sites is 4. The number of benzene rings is 3. The first kappa shape index (κ1) is 21.3. The Hall–Kier alpha value is -4.26. The zero-order chi connectivity index (χ0) is 24.3. The molecule has 1 fully saturated rings. The van der Waals surface area contributed by atoms with Crippen LogP contribution in [0.3, 0.4) is 0 Å². The zero-order valence-electron chi connectivity index (χ0n) is 19.7. The van der Waals surface area contributed by atoms with Crippen LogP contribution in [0.1, 0.15) is 29.7 Å². The van der Waals surface area contributed by atoms with E-state index in [1.807, 2.05) is 55.5 Å². The first-order valence-corrected chi connectivity index (χ1v) is 11.5. The zero-order valence-corrected chi connectivity index (χ0v) is 19.7. The standard InChI is InChI=1S/C28H25N3O4/c1-28-25-24(18-11-4-6-12-20(18)29-25)19(17-10-5-8-14-22(17)34-2)16-30(28)27(33)31(26(28)32)21-13-7-9-15-23(21)35-3/h4-15,19,29H,16H2,1-3H3/t19-,28-/m0/s1. The lowest BCUT2D eigenvalue weighted by atomic mass is 9.78. The molecule has 4 aromatic rings. The third-order valence-corrected chi connectivity index (χ3v) is 7.37. The molecule has 7 heteroatoms. The SMILES string of the molecule is COc1ccccc1[C@@H]1CN2C(=O)N(c3ccccc3OC)C(=O)[C@]2(C)c2[nH]c3ccccc3c21. The molecule has 0 spiro atoms. The largest absolute Gasteiger partial charge is 0.496 e. The summed E-state index contributed by atoms with van der Waals surface area (Å²) in [5.74, 6) is 0.728. The number of hydrogen-bond donors (Lipinski definition) is 1. The summed E-state index contributed by atoms with van der Waals surface area (Å²) in [5, 5.41) is 1.04. The van der Waals surface area contributed by atoms with Crippen LogP contribution >= 0.6 is 0 Å². The predicted octanol–water partition coefficient (Wildman–Crippen LogP) is 5.01. The van der Waals surface area contributed by atoms with Crippen molar-refractivity contribution in [1.82, 2.24) is 9.88 Å². The van der Waals surface area contributed by atoms with E-state index in [2.05, 4.69) is 11.1 Å². The van der Waals surface area contributed by atoms with Crippen LogP contribution in [0.4, 0.5) is 10.5 Å². The van der Waals surface area contributed by atoms with Gasteiger partial charge >= 0.3 is 6.03 Å². The van der Waals surface area contributed by atoms with E-state index in [0.29, 0.717) is 18.0 Å². The predicted molar refractivity (Wildman–Crippen MR) is 133 cm³/mol. The minimum atomic E-state index is -1.19. The lowest BCUT2D eigenvalue weighted by Gasteiger charge is -2.40. The Morgan fingerprint density at radius 3 is 2.31 bits per heavy atom. The lowest BCUT2D eigenvalue weighted by molar-refractivity contribution is -0.125. The summed E-state index contributed by atoms with van der Waals surface area (Å²) >= 11 is 0. The molecule has 1 aromatic heterocycles. The fraction of sp³-hybridized carbons (Fsp3) is 0.214. The van der Waals surface area contributed by atoms with Crippen LogP contribution < -0.4 is 14.4 Å². The number of fused-ring (bicyclic) bond motifs is 5. The molecule has 0 aliphatic carbocycles. The normalized spacial score (nSPS) is 21.3. The van der Waals surface area contributed by atoms with Crippen molar-refractivity contribution in [3.05, 3.63) is 89.6 Å². The number of carbonyl (C=O) groups is 2. The van der Waals surface area contributed by atoms with E-state index in [9.17, 15) is 9.59 Å². The summed E-state index contributed by atoms with van der Waals surface area (Å²) in [6, 6.07) is 22.6. The van der Waals surface area contributed by atoms with Crippen molar-refractivity contribution in [2.75, 3.05) is 25.7 Å². The number of aromatic amines is 1. The van der Waals surface area contributed by atoms with Crippen molar-refractivity contribution >= 4 is 28.5 Å². The molecular weight excluding hydrogens is 442 g/mol. The maximum absolute atomic E-state index is 14.1. The number of imide groups is 1. The van der Waals surface area contributed by atoms with Gasteiger partial charge < -0.3 is 19.4 Å². The number of ether oxygens (including phenoxy) is 2. The number of methoxy groups -OCH3 is 2. The molecule has 1 N–H and O–H groups in total. The van der Waals surface area contributed by atoms with Crippen molar-refractivity contribution in [2.45, 2.75) is 18.4 Å². The number of nitrogens with one attached hydrogen (secondary N) is 1. The Bertz CT molecular complexity index is 1490. The highest BCUT2D eigenvalue weighted by atomic mass is 16.5. The van der Waals surface area contributed by atoms with E-state index < -0.39 is 5.54 Å². The summed E-state index contributed by atoms with van der Waals surface area (Å²) in [6.45, 7) is 2.16. The first-order chi connectivity index (χ1) is 17.0. The maximum atomic E-state index is 14.1. The van der Waals surface area contributed by atoms with E-state index in [4.69, 9.17) is 9.47 Å². The molecule has 35 heavy (non-hydrogen) atoms. The average molecular weight is 468 g/mol. The first-order valence-electron chi connectivity index (χ1n) is 11.5. The molecule has 0 radical (unpaired) electrons. The smallest absolute Gasteiger partial charge is 0.332 e. The number of urea groups is 1. The van der Waals surface area contributed by atoms with Crippen molar-refractivity contribution in [3.63, 3.8) is 0 Å². The Morgan fingerprint density at radius 2 is 1.54 bits per heavy atom. The molecular formula is C28H25N3O4. The second-order valence-electron chi connectivity index (χ2n) is 9.03. The second kappa shape index (κ2) is 7.63. The Balaban J connectivity index is 1.60. The maximum Gasteiger partial charge on any atom is 0.332 e. The van der Waals surface area contributed by atoms with Gasteiger partial charge in [0.05, 0.1) is 25.6 Å². The Morgan fingerprint density at radius 1 is 0.886 bits per heavy atom. The molecule has 0 bridgehead atoms. The van der Waals surface area contributed by atoms with Crippen LogP contribution in [-0.2, 0) is 10.3 Å². The number of H-pyrrole nitrogens is 1. The minimum absolute atomic E-state index is 0.181. The van der Waals surface area contributed by atoms with E-state index in [1.54, 1.807) is 30.2 Å². The highest BCUT2D eigenvalue weighted by Gasteiger charge is 2.61. The number of anilines is 1. The molecule has 2 aliphatic heterocycles. The van der Waals surface area contributed by atoms with E-state index in [0.717, 1.165) is 33.5 Å². The van der Waals surface area contributed by atoms with Crippen LogP contribution in [-0.4, -0.2) is 42.6 Å². The molecule has 3 aromatic carbocycles. The molecule has 0 saturated carbocycles. The molecule has 6 rings (SSSR count). The molecule has 176 valence electrons. The number of carbonyl (C=O) groups excluding carboxylic acids is 2. The van der Waals surface area contributed by atoms with Crippen LogP contribution in [0.25, 0.3) is 10.9 Å². The fourth-order valence-corrected chi connectivity index (χ4v) is 5.65. The summed E-state index contributed by atoms with van der Waals surface area (Å²) < 4.78 is 11.2. The van der Waals surface area contributed by atoms with Gasteiger partial charge in [0.1, 0.15) is 11.5 Å². The molecule has 0 unspecified atom stereocenters. The van der Waals surface area contributed by atoms with Crippen LogP contribution in [0.15, 0.2) is 72.8 Å². The summed E-state index contributed by atoms with van der Waals surface area (Å²) in [7, 11) is 3.18. The van der Waals surface area contributed by atoms with Gasteiger partial charge in [-0.1, -0.05) is 48.5 Å². The number of hydrogen-bond acceptors (Lipinski definition) is 4. The lowest BCUT2D eigenvalue weighted by Crippen LogP contribution is -2.50. The van der Waals surface area contributed by atoms with Crippen LogP contribution in [0.2, 0.25) is 0 Å². The third-order valence-electron chi connectivity index (χ3n) is 7.37. The number of nitrogens with zero attached hydrogens (tertiary/aromatic N) is 2. The van der Waals surface area contributed by atoms with Gasteiger partial charge in [0.15, 0.2) is 5.54 Å². The van der Waals surface area contributed by atoms with E-state index >= 15 is 0 Å². The van der Waals surface area contributed by atoms with Crippen molar-refractivity contribution < 1.29 is 19.1 Å². The van der Waals surface area contributed by atoms with Gasteiger partial charge in [-0.15, -0.1) is 0 Å². The minimum Gasteiger partial charge on any atom is -0.496 e.